The van der Waals surface area contributed by atoms with E-state index in [1.54, 1.807) is 0 Å². The highest BCUT2D eigenvalue weighted by Crippen LogP contribution is 2.18. The lowest BCUT2D eigenvalue weighted by Crippen LogP contribution is -2.30. The van der Waals surface area contributed by atoms with Crippen molar-refractivity contribution in [1.82, 2.24) is 0 Å². The summed E-state index contributed by atoms with van der Waals surface area (Å²) in [6.07, 6.45) is 48.2. The van der Waals surface area contributed by atoms with Gasteiger partial charge in [0.05, 0.1) is 0 Å². The molecule has 0 saturated heterocycles. The standard InChI is InChI=1S/C54H104O6/c1-6-8-9-10-11-22-29-34-39-44-52(55)58-47-51(60-54(57)46-41-36-31-26-25-27-32-37-42-49(3)4)48-59-53(56)45-40-35-30-24-21-19-17-15-13-12-14-16-18-20-23-28-33-38-43-50(5)7-2/h49-51H,6-48H2,1-5H3/t50?,51-/m0/s1. The van der Waals surface area contributed by atoms with Gasteiger partial charge in [0.1, 0.15) is 13.2 Å². The molecule has 0 aliphatic rings. The molecule has 0 rings (SSSR count). The van der Waals surface area contributed by atoms with Crippen LogP contribution in [0.5, 0.6) is 0 Å². The Morgan fingerprint density at radius 1 is 0.350 bits per heavy atom. The van der Waals surface area contributed by atoms with Crippen molar-refractivity contribution in [1.29, 1.82) is 0 Å². The molecule has 60 heavy (non-hydrogen) atoms. The van der Waals surface area contributed by atoms with Gasteiger partial charge < -0.3 is 14.2 Å². The maximum atomic E-state index is 12.7. The lowest BCUT2D eigenvalue weighted by Gasteiger charge is -2.18. The van der Waals surface area contributed by atoms with Crippen LogP contribution in [0.25, 0.3) is 0 Å². The van der Waals surface area contributed by atoms with E-state index in [-0.39, 0.29) is 31.1 Å². The summed E-state index contributed by atoms with van der Waals surface area (Å²) in [5.41, 5.74) is 0. The molecule has 0 aromatic heterocycles. The first-order valence-corrected chi connectivity index (χ1v) is 26.8. The summed E-state index contributed by atoms with van der Waals surface area (Å²) >= 11 is 0. The average Bonchev–Trinajstić information content (AvgIpc) is 3.23. The molecule has 0 aliphatic carbocycles. The molecule has 2 atom stereocenters. The van der Waals surface area contributed by atoms with Gasteiger partial charge in [0.15, 0.2) is 6.10 Å². The summed E-state index contributed by atoms with van der Waals surface area (Å²) in [7, 11) is 0. The van der Waals surface area contributed by atoms with Crippen molar-refractivity contribution in [2.24, 2.45) is 11.8 Å². The van der Waals surface area contributed by atoms with Gasteiger partial charge in [-0.1, -0.05) is 259 Å². The van der Waals surface area contributed by atoms with Crippen molar-refractivity contribution in [2.75, 3.05) is 13.2 Å². The highest BCUT2D eigenvalue weighted by atomic mass is 16.6. The minimum absolute atomic E-state index is 0.0641. The van der Waals surface area contributed by atoms with Crippen LogP contribution < -0.4 is 0 Å². The summed E-state index contributed by atoms with van der Waals surface area (Å²) in [4.78, 5) is 37.8. The summed E-state index contributed by atoms with van der Waals surface area (Å²) < 4.78 is 16.8. The van der Waals surface area contributed by atoms with Crippen molar-refractivity contribution < 1.29 is 28.6 Å². The quantitative estimate of drug-likeness (QED) is 0.0345. The first-order valence-electron chi connectivity index (χ1n) is 26.8. The molecule has 0 aromatic carbocycles. The van der Waals surface area contributed by atoms with Crippen molar-refractivity contribution >= 4 is 17.9 Å². The maximum Gasteiger partial charge on any atom is 0.306 e. The number of unbranched alkanes of at least 4 members (excludes halogenated alkanes) is 32. The molecule has 6 heteroatoms. The van der Waals surface area contributed by atoms with Gasteiger partial charge in [-0.2, -0.15) is 0 Å². The van der Waals surface area contributed by atoms with Crippen LogP contribution >= 0.6 is 0 Å². The van der Waals surface area contributed by atoms with Gasteiger partial charge >= 0.3 is 17.9 Å². The van der Waals surface area contributed by atoms with Crippen molar-refractivity contribution in [2.45, 2.75) is 304 Å². The number of rotatable bonds is 48. The minimum atomic E-state index is -0.761. The van der Waals surface area contributed by atoms with E-state index in [1.165, 1.54) is 186 Å². The zero-order valence-corrected chi connectivity index (χ0v) is 41.1. The summed E-state index contributed by atoms with van der Waals surface area (Å²) in [6, 6.07) is 0. The number of carbonyl (C=O) groups is 3. The van der Waals surface area contributed by atoms with Crippen LogP contribution in [-0.2, 0) is 28.6 Å². The SMILES string of the molecule is CCCCCCCCCCCC(=O)OC[C@@H](COC(=O)CCCCCCCCCCCCCCCCCCCCC(C)CC)OC(=O)CCCCCCCCCCC(C)C. The molecule has 0 saturated carbocycles. The third-order valence-corrected chi connectivity index (χ3v) is 12.6. The molecule has 6 nitrogen and oxygen atoms in total. The number of hydrogen-bond acceptors (Lipinski definition) is 6. The fourth-order valence-electron chi connectivity index (χ4n) is 8.13. The van der Waals surface area contributed by atoms with E-state index >= 15 is 0 Å². The summed E-state index contributed by atoms with van der Waals surface area (Å²) in [6.45, 7) is 11.4. The molecular formula is C54H104O6. The highest BCUT2D eigenvalue weighted by Gasteiger charge is 2.19. The number of carbonyl (C=O) groups excluding carboxylic acids is 3. The Morgan fingerprint density at radius 3 is 0.950 bits per heavy atom. The zero-order valence-electron chi connectivity index (χ0n) is 41.1. The Bertz CT molecular complexity index is 918. The molecule has 0 aliphatic heterocycles. The van der Waals surface area contributed by atoms with Gasteiger partial charge in [0, 0.05) is 19.3 Å². The Hall–Kier alpha value is -1.59. The monoisotopic (exact) mass is 849 g/mol. The Labute approximate surface area is 374 Å². The number of esters is 3. The largest absolute Gasteiger partial charge is 0.462 e. The van der Waals surface area contributed by atoms with E-state index in [1.807, 2.05) is 0 Å². The van der Waals surface area contributed by atoms with Crippen LogP contribution in [0.15, 0.2) is 0 Å². The predicted octanol–water partition coefficient (Wildman–Crippen LogP) is 17.3. The highest BCUT2D eigenvalue weighted by molar-refractivity contribution is 5.71. The molecule has 0 fully saturated rings. The van der Waals surface area contributed by atoms with E-state index < -0.39 is 6.10 Å². The molecule has 0 radical (unpaired) electrons. The predicted molar refractivity (Wildman–Crippen MR) is 256 cm³/mol. The second kappa shape index (κ2) is 46.9. The molecule has 356 valence electrons. The lowest BCUT2D eigenvalue weighted by atomic mass is 9.99. The van der Waals surface area contributed by atoms with Crippen molar-refractivity contribution in [3.63, 3.8) is 0 Å². The van der Waals surface area contributed by atoms with Crippen molar-refractivity contribution in [3.05, 3.63) is 0 Å². The summed E-state index contributed by atoms with van der Waals surface area (Å²) in [5.74, 6) is 0.852. The normalized spacial score (nSPS) is 12.5. The second-order valence-electron chi connectivity index (χ2n) is 19.2. The van der Waals surface area contributed by atoms with Crippen LogP contribution in [0.3, 0.4) is 0 Å². The molecule has 0 amide bonds. The third-order valence-electron chi connectivity index (χ3n) is 12.6. The van der Waals surface area contributed by atoms with Gasteiger partial charge in [0.2, 0.25) is 0 Å². The fourth-order valence-corrected chi connectivity index (χ4v) is 8.13. The maximum absolute atomic E-state index is 12.7. The van der Waals surface area contributed by atoms with Gasteiger partial charge in [-0.3, -0.25) is 14.4 Å². The van der Waals surface area contributed by atoms with E-state index in [2.05, 4.69) is 34.6 Å². The fraction of sp³-hybridized carbons (Fsp3) is 0.944. The van der Waals surface area contributed by atoms with E-state index in [4.69, 9.17) is 14.2 Å². The first kappa shape index (κ1) is 58.4. The zero-order chi connectivity index (χ0) is 44.0. The Morgan fingerprint density at radius 2 is 0.633 bits per heavy atom. The van der Waals surface area contributed by atoms with E-state index in [0.29, 0.717) is 19.3 Å². The topological polar surface area (TPSA) is 78.9 Å². The molecule has 0 aromatic rings. The Kier molecular flexibility index (Phi) is 45.7. The van der Waals surface area contributed by atoms with Crippen LogP contribution in [0.4, 0.5) is 0 Å². The lowest BCUT2D eigenvalue weighted by molar-refractivity contribution is -0.167. The number of hydrogen-bond donors (Lipinski definition) is 0. The van der Waals surface area contributed by atoms with Crippen LogP contribution in [-0.4, -0.2) is 37.2 Å². The van der Waals surface area contributed by atoms with Gasteiger partial charge in [-0.05, 0) is 31.1 Å². The minimum Gasteiger partial charge on any atom is -0.462 e. The van der Waals surface area contributed by atoms with Gasteiger partial charge in [-0.25, -0.2) is 0 Å². The van der Waals surface area contributed by atoms with Crippen LogP contribution in [0.1, 0.15) is 298 Å². The van der Waals surface area contributed by atoms with Crippen LogP contribution in [0, 0.1) is 11.8 Å². The van der Waals surface area contributed by atoms with Gasteiger partial charge in [-0.15, -0.1) is 0 Å². The van der Waals surface area contributed by atoms with Gasteiger partial charge in [0.25, 0.3) is 0 Å². The summed E-state index contributed by atoms with van der Waals surface area (Å²) in [5, 5.41) is 0. The smallest absolute Gasteiger partial charge is 0.306 e. The molecule has 0 spiro atoms. The molecule has 0 heterocycles. The molecule has 1 unspecified atom stereocenters. The molecular weight excluding hydrogens is 745 g/mol. The molecule has 0 bridgehead atoms. The first-order chi connectivity index (χ1) is 29.3. The molecule has 0 N–H and O–H groups in total. The van der Waals surface area contributed by atoms with E-state index in [0.717, 1.165) is 69.6 Å². The van der Waals surface area contributed by atoms with Crippen LogP contribution in [0.2, 0.25) is 0 Å². The number of ether oxygens (including phenoxy) is 3. The second-order valence-corrected chi connectivity index (χ2v) is 19.2. The Balaban J connectivity index is 4.14. The average molecular weight is 849 g/mol. The van der Waals surface area contributed by atoms with E-state index in [9.17, 15) is 14.4 Å². The van der Waals surface area contributed by atoms with Crippen molar-refractivity contribution in [3.8, 4) is 0 Å². The third kappa shape index (κ3) is 45.9.